The Labute approximate surface area is 124 Å². The minimum Gasteiger partial charge on any atom is -0.382 e. The van der Waals surface area contributed by atoms with E-state index in [9.17, 15) is 0 Å². The number of nitrogens with one attached hydrogen (secondary N) is 1. The molecule has 19 heavy (non-hydrogen) atoms. The summed E-state index contributed by atoms with van der Waals surface area (Å²) >= 11 is 3.57. The molecule has 102 valence electrons. The van der Waals surface area contributed by atoms with Crippen LogP contribution in [0.1, 0.15) is 30.9 Å². The lowest BCUT2D eigenvalue weighted by molar-refractivity contribution is 0.399. The maximum absolute atomic E-state index is 3.78. The SMILES string of the molecule is Cc1cc(Br)cc(C)c1NC(C)C1CC2C=CC1C2. The van der Waals surface area contributed by atoms with Gasteiger partial charge in [-0.3, -0.25) is 0 Å². The molecule has 1 fully saturated rings. The second-order valence-electron chi connectivity index (χ2n) is 6.29. The summed E-state index contributed by atoms with van der Waals surface area (Å²) in [7, 11) is 0. The first-order valence-electron chi connectivity index (χ1n) is 7.26. The molecule has 0 aliphatic heterocycles. The fourth-order valence-electron chi connectivity index (χ4n) is 3.87. The summed E-state index contributed by atoms with van der Waals surface area (Å²) in [6.45, 7) is 6.72. The summed E-state index contributed by atoms with van der Waals surface area (Å²) in [5.74, 6) is 2.47. The molecule has 0 heterocycles. The van der Waals surface area contributed by atoms with Crippen molar-refractivity contribution in [1.29, 1.82) is 0 Å². The maximum Gasteiger partial charge on any atom is 0.0402 e. The molecule has 2 aliphatic rings. The highest BCUT2D eigenvalue weighted by Crippen LogP contribution is 2.45. The average Bonchev–Trinajstić information content (AvgIpc) is 2.95. The van der Waals surface area contributed by atoms with Crippen molar-refractivity contribution in [3.8, 4) is 0 Å². The van der Waals surface area contributed by atoms with E-state index >= 15 is 0 Å². The lowest BCUT2D eigenvalue weighted by Crippen LogP contribution is -2.29. The largest absolute Gasteiger partial charge is 0.382 e. The Hall–Kier alpha value is -0.760. The Bertz CT molecular complexity index is 497. The standard InChI is InChI=1S/C17H22BrN/c1-10-6-15(18)7-11(2)17(10)19-12(3)16-9-13-4-5-14(16)8-13/h4-7,12-14,16,19H,8-9H2,1-3H3. The predicted octanol–water partition coefficient (Wildman–Crippen LogP) is 5.08. The van der Waals surface area contributed by atoms with Gasteiger partial charge in [-0.15, -0.1) is 0 Å². The molecule has 3 rings (SSSR count). The normalized spacial score (nSPS) is 29.8. The highest BCUT2D eigenvalue weighted by Gasteiger charge is 2.38. The zero-order valence-electron chi connectivity index (χ0n) is 11.9. The van der Waals surface area contributed by atoms with Gasteiger partial charge in [0.2, 0.25) is 0 Å². The molecule has 1 aromatic carbocycles. The molecule has 2 aliphatic carbocycles. The van der Waals surface area contributed by atoms with Gasteiger partial charge in [0.15, 0.2) is 0 Å². The number of allylic oxidation sites excluding steroid dienone is 2. The van der Waals surface area contributed by atoms with Gasteiger partial charge < -0.3 is 5.32 Å². The predicted molar refractivity (Wildman–Crippen MR) is 85.5 cm³/mol. The third kappa shape index (κ3) is 2.47. The van der Waals surface area contributed by atoms with Gasteiger partial charge in [0, 0.05) is 16.2 Å². The van der Waals surface area contributed by atoms with E-state index in [0.29, 0.717) is 6.04 Å². The molecule has 2 heteroatoms. The van der Waals surface area contributed by atoms with Gasteiger partial charge in [0.05, 0.1) is 0 Å². The topological polar surface area (TPSA) is 12.0 Å². The van der Waals surface area contributed by atoms with Crippen LogP contribution in [-0.4, -0.2) is 6.04 Å². The molecular weight excluding hydrogens is 298 g/mol. The molecular formula is C17H22BrN. The third-order valence-corrected chi connectivity index (χ3v) is 5.30. The quantitative estimate of drug-likeness (QED) is 0.766. The van der Waals surface area contributed by atoms with Crippen LogP contribution in [0.15, 0.2) is 28.8 Å². The van der Waals surface area contributed by atoms with Gasteiger partial charge in [-0.05, 0) is 74.6 Å². The second kappa shape index (κ2) is 4.97. The zero-order valence-corrected chi connectivity index (χ0v) is 13.5. The Morgan fingerprint density at radius 3 is 2.37 bits per heavy atom. The first kappa shape index (κ1) is 13.2. The molecule has 1 saturated carbocycles. The average molecular weight is 320 g/mol. The van der Waals surface area contributed by atoms with Gasteiger partial charge >= 0.3 is 0 Å². The van der Waals surface area contributed by atoms with E-state index in [0.717, 1.165) is 17.8 Å². The molecule has 0 amide bonds. The molecule has 0 aromatic heterocycles. The van der Waals surface area contributed by atoms with Crippen LogP contribution in [0.5, 0.6) is 0 Å². The minimum atomic E-state index is 0.554. The van der Waals surface area contributed by atoms with E-state index in [-0.39, 0.29) is 0 Å². The summed E-state index contributed by atoms with van der Waals surface area (Å²) in [6.07, 6.45) is 7.61. The van der Waals surface area contributed by atoms with Crippen LogP contribution < -0.4 is 5.32 Å². The van der Waals surface area contributed by atoms with E-state index in [1.807, 2.05) is 0 Å². The molecule has 4 unspecified atom stereocenters. The first-order valence-corrected chi connectivity index (χ1v) is 8.05. The molecule has 1 N–H and O–H groups in total. The van der Waals surface area contributed by atoms with Crippen molar-refractivity contribution >= 4 is 21.6 Å². The van der Waals surface area contributed by atoms with Crippen LogP contribution in [0.4, 0.5) is 5.69 Å². The van der Waals surface area contributed by atoms with Crippen molar-refractivity contribution in [2.24, 2.45) is 17.8 Å². The fourth-order valence-corrected chi connectivity index (χ4v) is 4.56. The number of fused-ring (bicyclic) bond motifs is 2. The Kier molecular flexibility index (Phi) is 3.46. The van der Waals surface area contributed by atoms with Crippen LogP contribution in [0, 0.1) is 31.6 Å². The van der Waals surface area contributed by atoms with Crippen LogP contribution in [0.25, 0.3) is 0 Å². The lowest BCUT2D eigenvalue weighted by atomic mass is 9.87. The number of aryl methyl sites for hydroxylation is 2. The molecule has 0 spiro atoms. The van der Waals surface area contributed by atoms with E-state index in [1.54, 1.807) is 0 Å². The maximum atomic E-state index is 3.78. The number of hydrogen-bond acceptors (Lipinski definition) is 1. The van der Waals surface area contributed by atoms with E-state index in [2.05, 4.69) is 66.3 Å². The molecule has 1 nitrogen and oxygen atoms in total. The summed E-state index contributed by atoms with van der Waals surface area (Å²) in [4.78, 5) is 0. The Morgan fingerprint density at radius 2 is 1.84 bits per heavy atom. The van der Waals surface area contributed by atoms with Gasteiger partial charge in [-0.1, -0.05) is 28.1 Å². The van der Waals surface area contributed by atoms with Gasteiger partial charge in [-0.25, -0.2) is 0 Å². The number of anilines is 1. The Morgan fingerprint density at radius 1 is 1.16 bits per heavy atom. The number of hydrogen-bond donors (Lipinski definition) is 1. The van der Waals surface area contributed by atoms with Gasteiger partial charge in [0.1, 0.15) is 0 Å². The van der Waals surface area contributed by atoms with Crippen LogP contribution >= 0.6 is 15.9 Å². The highest BCUT2D eigenvalue weighted by atomic mass is 79.9. The van der Waals surface area contributed by atoms with Crippen molar-refractivity contribution in [1.82, 2.24) is 0 Å². The Balaban J connectivity index is 1.77. The number of halogens is 1. The van der Waals surface area contributed by atoms with Gasteiger partial charge in [-0.2, -0.15) is 0 Å². The summed E-state index contributed by atoms with van der Waals surface area (Å²) < 4.78 is 1.17. The number of benzene rings is 1. The van der Waals surface area contributed by atoms with Crippen LogP contribution in [0.2, 0.25) is 0 Å². The number of rotatable bonds is 3. The van der Waals surface area contributed by atoms with Crippen LogP contribution in [0.3, 0.4) is 0 Å². The monoisotopic (exact) mass is 319 g/mol. The molecule has 2 bridgehead atoms. The summed E-state index contributed by atoms with van der Waals surface area (Å²) in [6, 6.07) is 4.95. The lowest BCUT2D eigenvalue weighted by Gasteiger charge is -2.28. The van der Waals surface area contributed by atoms with Crippen molar-refractivity contribution in [3.63, 3.8) is 0 Å². The third-order valence-electron chi connectivity index (χ3n) is 4.84. The second-order valence-corrected chi connectivity index (χ2v) is 7.21. The zero-order chi connectivity index (χ0) is 13.6. The molecule has 4 atom stereocenters. The van der Waals surface area contributed by atoms with Crippen LogP contribution in [-0.2, 0) is 0 Å². The van der Waals surface area contributed by atoms with E-state index < -0.39 is 0 Å². The summed E-state index contributed by atoms with van der Waals surface area (Å²) in [5.41, 5.74) is 3.98. The van der Waals surface area contributed by atoms with Crippen molar-refractivity contribution < 1.29 is 0 Å². The summed E-state index contributed by atoms with van der Waals surface area (Å²) in [5, 5.41) is 3.78. The van der Waals surface area contributed by atoms with Crippen molar-refractivity contribution in [2.75, 3.05) is 5.32 Å². The van der Waals surface area contributed by atoms with Crippen molar-refractivity contribution in [2.45, 2.75) is 39.7 Å². The van der Waals surface area contributed by atoms with Crippen molar-refractivity contribution in [3.05, 3.63) is 39.9 Å². The van der Waals surface area contributed by atoms with E-state index in [4.69, 9.17) is 0 Å². The van der Waals surface area contributed by atoms with Gasteiger partial charge in [0.25, 0.3) is 0 Å². The smallest absolute Gasteiger partial charge is 0.0402 e. The molecule has 1 aromatic rings. The highest BCUT2D eigenvalue weighted by molar-refractivity contribution is 9.10. The molecule has 0 radical (unpaired) electrons. The van der Waals surface area contributed by atoms with E-state index in [1.165, 1.54) is 34.1 Å². The fraction of sp³-hybridized carbons (Fsp3) is 0.529. The molecule has 0 saturated heterocycles. The first-order chi connectivity index (χ1) is 9.04. The minimum absolute atomic E-state index is 0.554.